The minimum Gasteiger partial charge on any atom is -0.486 e. The van der Waals surface area contributed by atoms with Crippen LogP contribution >= 0.6 is 0 Å². The molecule has 124 valence electrons. The molecule has 0 atom stereocenters. The number of alkyl halides is 3. The van der Waals surface area contributed by atoms with Crippen LogP contribution in [0.1, 0.15) is 17.0 Å². The van der Waals surface area contributed by atoms with E-state index >= 15 is 0 Å². The number of halogens is 3. The lowest BCUT2D eigenvalue weighted by atomic mass is 10.2. The highest BCUT2D eigenvalue weighted by molar-refractivity contribution is 5.36. The van der Waals surface area contributed by atoms with Gasteiger partial charge in [-0.25, -0.2) is 0 Å². The number of aryl methyl sites for hydroxylation is 1. The van der Waals surface area contributed by atoms with E-state index in [4.69, 9.17) is 4.74 Å². The summed E-state index contributed by atoms with van der Waals surface area (Å²) in [6.45, 7) is 1.99. The predicted molar refractivity (Wildman–Crippen MR) is 79.7 cm³/mol. The van der Waals surface area contributed by atoms with Gasteiger partial charge in [-0.05, 0) is 47.7 Å². The summed E-state index contributed by atoms with van der Waals surface area (Å²) >= 11 is 0. The smallest absolute Gasteiger partial charge is 0.416 e. The molecule has 0 aliphatic rings. The van der Waals surface area contributed by atoms with Crippen LogP contribution < -0.4 is 4.74 Å². The van der Waals surface area contributed by atoms with E-state index in [-0.39, 0.29) is 12.3 Å². The lowest BCUT2D eigenvalue weighted by molar-refractivity contribution is -0.137. The molecule has 0 spiro atoms. The molecule has 0 amide bonds. The van der Waals surface area contributed by atoms with Crippen LogP contribution in [-0.2, 0) is 12.8 Å². The first-order chi connectivity index (χ1) is 11.4. The van der Waals surface area contributed by atoms with E-state index in [0.29, 0.717) is 11.6 Å². The molecule has 0 radical (unpaired) electrons. The Hall–Kier alpha value is -2.90. The van der Waals surface area contributed by atoms with Gasteiger partial charge < -0.3 is 4.74 Å². The van der Waals surface area contributed by atoms with Gasteiger partial charge >= 0.3 is 6.18 Å². The summed E-state index contributed by atoms with van der Waals surface area (Å²) in [4.78, 5) is 0. The van der Waals surface area contributed by atoms with E-state index in [0.717, 1.165) is 17.7 Å². The summed E-state index contributed by atoms with van der Waals surface area (Å²) < 4.78 is 45.3. The second-order valence-electron chi connectivity index (χ2n) is 5.16. The Balaban J connectivity index is 1.81. The molecule has 0 aliphatic heterocycles. The molecule has 24 heavy (non-hydrogen) atoms. The SMILES string of the molecule is Cc1ccc(OCc2nnnn2-c2cccc(C(F)(F)F)c2)cc1. The fourth-order valence-corrected chi connectivity index (χ4v) is 2.09. The predicted octanol–water partition coefficient (Wildman–Crippen LogP) is 3.57. The van der Waals surface area contributed by atoms with Gasteiger partial charge in [0.05, 0.1) is 11.3 Å². The molecule has 1 heterocycles. The third kappa shape index (κ3) is 3.53. The third-order valence-electron chi connectivity index (χ3n) is 3.34. The highest BCUT2D eigenvalue weighted by Crippen LogP contribution is 2.30. The molecule has 0 saturated carbocycles. The number of hydrogen-bond donors (Lipinski definition) is 0. The molecular formula is C16H13F3N4O. The number of rotatable bonds is 4. The van der Waals surface area contributed by atoms with Crippen LogP contribution in [0, 0.1) is 6.92 Å². The van der Waals surface area contributed by atoms with Gasteiger partial charge in [-0.1, -0.05) is 23.8 Å². The molecule has 0 N–H and O–H groups in total. The van der Waals surface area contributed by atoms with Crippen LogP contribution in [0.2, 0.25) is 0 Å². The highest BCUT2D eigenvalue weighted by atomic mass is 19.4. The molecular weight excluding hydrogens is 321 g/mol. The van der Waals surface area contributed by atoms with Crippen LogP contribution in [-0.4, -0.2) is 20.2 Å². The van der Waals surface area contributed by atoms with E-state index in [2.05, 4.69) is 15.5 Å². The molecule has 0 aliphatic carbocycles. The zero-order chi connectivity index (χ0) is 17.2. The number of ether oxygens (including phenoxy) is 1. The molecule has 0 saturated heterocycles. The quantitative estimate of drug-likeness (QED) is 0.732. The summed E-state index contributed by atoms with van der Waals surface area (Å²) in [6.07, 6.45) is -4.43. The monoisotopic (exact) mass is 334 g/mol. The largest absolute Gasteiger partial charge is 0.486 e. The first-order valence-corrected chi connectivity index (χ1v) is 7.08. The molecule has 3 aromatic rings. The summed E-state index contributed by atoms with van der Waals surface area (Å²) in [7, 11) is 0. The van der Waals surface area contributed by atoms with E-state index in [1.54, 1.807) is 12.1 Å². The standard InChI is InChI=1S/C16H13F3N4O/c1-11-5-7-14(8-6-11)24-10-15-20-21-22-23(15)13-4-2-3-12(9-13)16(17,18)19/h2-9H,10H2,1H3. The normalized spacial score (nSPS) is 11.5. The summed E-state index contributed by atoms with van der Waals surface area (Å²) in [5, 5.41) is 11.1. The molecule has 8 heteroatoms. The zero-order valence-corrected chi connectivity index (χ0v) is 12.7. The van der Waals surface area contributed by atoms with E-state index in [9.17, 15) is 13.2 Å². The minimum atomic E-state index is -4.43. The second kappa shape index (κ2) is 6.31. The van der Waals surface area contributed by atoms with E-state index in [1.165, 1.54) is 16.8 Å². The fourth-order valence-electron chi connectivity index (χ4n) is 2.09. The van der Waals surface area contributed by atoms with Crippen molar-refractivity contribution in [1.29, 1.82) is 0 Å². The van der Waals surface area contributed by atoms with Crippen molar-refractivity contribution < 1.29 is 17.9 Å². The number of aromatic nitrogens is 4. The van der Waals surface area contributed by atoms with Crippen LogP contribution in [0.5, 0.6) is 5.75 Å². The third-order valence-corrected chi connectivity index (χ3v) is 3.34. The molecule has 0 unspecified atom stereocenters. The van der Waals surface area contributed by atoms with Crippen molar-refractivity contribution in [3.05, 3.63) is 65.5 Å². The summed E-state index contributed by atoms with van der Waals surface area (Å²) in [5.41, 5.74) is 0.550. The van der Waals surface area contributed by atoms with Gasteiger partial charge in [0.2, 0.25) is 0 Å². The van der Waals surface area contributed by atoms with Gasteiger partial charge in [0.25, 0.3) is 0 Å². The van der Waals surface area contributed by atoms with Gasteiger partial charge in [0.15, 0.2) is 5.82 Å². The first kappa shape index (κ1) is 16.0. The number of tetrazole rings is 1. The maximum atomic E-state index is 12.8. The van der Waals surface area contributed by atoms with Crippen molar-refractivity contribution in [2.75, 3.05) is 0 Å². The Bertz CT molecular complexity index is 828. The lowest BCUT2D eigenvalue weighted by Gasteiger charge is -2.10. The number of hydrogen-bond acceptors (Lipinski definition) is 4. The maximum absolute atomic E-state index is 12.8. The Kier molecular flexibility index (Phi) is 4.20. The van der Waals surface area contributed by atoms with Crippen molar-refractivity contribution in [1.82, 2.24) is 20.2 Å². The van der Waals surface area contributed by atoms with Crippen LogP contribution in [0.15, 0.2) is 48.5 Å². The van der Waals surface area contributed by atoms with Crippen molar-refractivity contribution in [2.24, 2.45) is 0 Å². The Morgan fingerprint density at radius 2 is 1.83 bits per heavy atom. The second-order valence-corrected chi connectivity index (χ2v) is 5.16. The minimum absolute atomic E-state index is 0.0340. The summed E-state index contributed by atoms with van der Waals surface area (Å²) in [5.74, 6) is 0.925. The Labute approximate surface area is 135 Å². The Morgan fingerprint density at radius 1 is 1.08 bits per heavy atom. The zero-order valence-electron chi connectivity index (χ0n) is 12.7. The lowest BCUT2D eigenvalue weighted by Crippen LogP contribution is -2.09. The molecule has 5 nitrogen and oxygen atoms in total. The topological polar surface area (TPSA) is 52.8 Å². The average Bonchev–Trinajstić information content (AvgIpc) is 3.02. The van der Waals surface area contributed by atoms with E-state index < -0.39 is 11.7 Å². The molecule has 1 aromatic heterocycles. The molecule has 0 fully saturated rings. The maximum Gasteiger partial charge on any atom is 0.416 e. The Morgan fingerprint density at radius 3 is 2.54 bits per heavy atom. The van der Waals surface area contributed by atoms with Gasteiger partial charge in [0.1, 0.15) is 12.4 Å². The number of benzene rings is 2. The van der Waals surface area contributed by atoms with Crippen molar-refractivity contribution in [3.63, 3.8) is 0 Å². The van der Waals surface area contributed by atoms with Gasteiger partial charge in [-0.3, -0.25) is 0 Å². The van der Waals surface area contributed by atoms with Crippen LogP contribution in [0.4, 0.5) is 13.2 Å². The van der Waals surface area contributed by atoms with Crippen molar-refractivity contribution in [2.45, 2.75) is 19.7 Å². The molecule has 0 bridgehead atoms. The van der Waals surface area contributed by atoms with Gasteiger partial charge in [-0.2, -0.15) is 17.9 Å². The van der Waals surface area contributed by atoms with Crippen LogP contribution in [0.3, 0.4) is 0 Å². The molecule has 2 aromatic carbocycles. The van der Waals surface area contributed by atoms with Gasteiger partial charge in [-0.15, -0.1) is 5.10 Å². The van der Waals surface area contributed by atoms with Crippen molar-refractivity contribution in [3.8, 4) is 11.4 Å². The van der Waals surface area contributed by atoms with Crippen molar-refractivity contribution >= 4 is 0 Å². The summed E-state index contributed by atoms with van der Waals surface area (Å²) in [6, 6.07) is 12.2. The highest BCUT2D eigenvalue weighted by Gasteiger charge is 2.30. The average molecular weight is 334 g/mol. The fraction of sp³-hybridized carbons (Fsp3) is 0.188. The van der Waals surface area contributed by atoms with Gasteiger partial charge in [0, 0.05) is 0 Å². The van der Waals surface area contributed by atoms with Crippen LogP contribution in [0.25, 0.3) is 5.69 Å². The first-order valence-electron chi connectivity index (χ1n) is 7.08. The molecule has 3 rings (SSSR count). The number of nitrogens with zero attached hydrogens (tertiary/aromatic N) is 4. The van der Waals surface area contributed by atoms with E-state index in [1.807, 2.05) is 19.1 Å².